The Kier molecular flexibility index (Phi) is 5.52. The summed E-state index contributed by atoms with van der Waals surface area (Å²) in [6.45, 7) is 3.25. The summed E-state index contributed by atoms with van der Waals surface area (Å²) in [5, 5.41) is 11.4. The number of nitrogens with one attached hydrogen (secondary N) is 1. The van der Waals surface area contributed by atoms with E-state index in [1.165, 1.54) is 35.1 Å². The van der Waals surface area contributed by atoms with Crippen LogP contribution in [0.2, 0.25) is 0 Å². The summed E-state index contributed by atoms with van der Waals surface area (Å²) in [6, 6.07) is 8.19. The lowest BCUT2D eigenvalue weighted by Crippen LogP contribution is -2.31. The van der Waals surface area contributed by atoms with E-state index >= 15 is 0 Å². The van der Waals surface area contributed by atoms with E-state index in [4.69, 9.17) is 0 Å². The number of aromatic nitrogens is 4. The molecule has 2 aromatic heterocycles. The van der Waals surface area contributed by atoms with Crippen LogP contribution in [0, 0.1) is 17.5 Å². The molecule has 1 amide bonds. The van der Waals surface area contributed by atoms with Crippen LogP contribution in [0.15, 0.2) is 53.5 Å². The average molecular weight is 441 g/mol. The van der Waals surface area contributed by atoms with Crippen LogP contribution in [-0.4, -0.2) is 25.5 Å². The smallest absolute Gasteiger partial charge is 0.293 e. The molecule has 0 saturated heterocycles. The van der Waals surface area contributed by atoms with Gasteiger partial charge in [-0.3, -0.25) is 9.59 Å². The SMILES string of the molecule is CC(C)c1nn(CC(=O)Nc2ccc(F)cc2F)c(=O)c2c1cnn2-c1ccc(F)cc1. The standard InChI is InChI=1S/C22H18F3N5O2/c1-12(2)20-16-10-26-30(15-6-3-13(23)4-7-15)21(16)22(32)29(28-20)11-19(31)27-18-8-5-14(24)9-17(18)25/h3-10,12H,11H2,1-2H3,(H,27,31). The zero-order chi connectivity index (χ0) is 23.0. The Morgan fingerprint density at radius 2 is 1.75 bits per heavy atom. The van der Waals surface area contributed by atoms with Crippen molar-refractivity contribution in [2.45, 2.75) is 26.3 Å². The van der Waals surface area contributed by atoms with Gasteiger partial charge in [-0.25, -0.2) is 22.5 Å². The lowest BCUT2D eigenvalue weighted by Gasteiger charge is -2.12. The minimum atomic E-state index is -0.939. The van der Waals surface area contributed by atoms with E-state index in [1.807, 2.05) is 13.8 Å². The third kappa shape index (κ3) is 3.98. The molecule has 0 saturated carbocycles. The molecular formula is C22H18F3N5O2. The summed E-state index contributed by atoms with van der Waals surface area (Å²) in [5.41, 5.74) is 0.362. The van der Waals surface area contributed by atoms with Crippen molar-refractivity contribution in [3.8, 4) is 5.69 Å². The van der Waals surface area contributed by atoms with Gasteiger partial charge in [-0.1, -0.05) is 13.8 Å². The van der Waals surface area contributed by atoms with Crippen molar-refractivity contribution in [1.82, 2.24) is 19.6 Å². The van der Waals surface area contributed by atoms with Crippen LogP contribution in [0.3, 0.4) is 0 Å². The van der Waals surface area contributed by atoms with Crippen molar-refractivity contribution < 1.29 is 18.0 Å². The predicted molar refractivity (Wildman–Crippen MR) is 112 cm³/mol. The molecule has 4 aromatic rings. The molecule has 7 nitrogen and oxygen atoms in total. The van der Waals surface area contributed by atoms with Gasteiger partial charge in [-0.2, -0.15) is 10.2 Å². The summed E-state index contributed by atoms with van der Waals surface area (Å²) in [7, 11) is 0. The molecule has 0 fully saturated rings. The molecule has 0 unspecified atom stereocenters. The molecule has 1 N–H and O–H groups in total. The molecule has 0 aliphatic rings. The van der Waals surface area contributed by atoms with Crippen LogP contribution in [0.4, 0.5) is 18.9 Å². The number of carbonyl (C=O) groups is 1. The Balaban J connectivity index is 1.76. The number of hydrogen-bond donors (Lipinski definition) is 1. The first-order valence-electron chi connectivity index (χ1n) is 9.74. The summed E-state index contributed by atoms with van der Waals surface area (Å²) in [4.78, 5) is 25.7. The number of fused-ring (bicyclic) bond motifs is 1. The average Bonchev–Trinajstić information content (AvgIpc) is 3.18. The Morgan fingerprint density at radius 1 is 1.06 bits per heavy atom. The number of hydrogen-bond acceptors (Lipinski definition) is 4. The fourth-order valence-corrected chi connectivity index (χ4v) is 3.32. The van der Waals surface area contributed by atoms with E-state index in [0.29, 0.717) is 22.8 Å². The number of nitrogens with zero attached hydrogens (tertiary/aromatic N) is 4. The molecule has 10 heteroatoms. The normalized spacial score (nSPS) is 11.3. The maximum atomic E-state index is 13.9. The maximum Gasteiger partial charge on any atom is 0.293 e. The Bertz CT molecular complexity index is 1380. The van der Waals surface area contributed by atoms with Gasteiger partial charge in [0.05, 0.1) is 23.3 Å². The van der Waals surface area contributed by atoms with Gasteiger partial charge in [0.2, 0.25) is 5.91 Å². The second kappa shape index (κ2) is 8.29. The summed E-state index contributed by atoms with van der Waals surface area (Å²) < 4.78 is 42.6. The number of anilines is 1. The quantitative estimate of drug-likeness (QED) is 0.511. The molecule has 4 rings (SSSR count). The van der Waals surface area contributed by atoms with Crippen LogP contribution in [0.5, 0.6) is 0 Å². The van der Waals surface area contributed by atoms with Crippen molar-refractivity contribution in [3.63, 3.8) is 0 Å². The van der Waals surface area contributed by atoms with E-state index in [2.05, 4.69) is 15.5 Å². The molecule has 164 valence electrons. The van der Waals surface area contributed by atoms with Gasteiger partial charge in [0.15, 0.2) is 0 Å². The van der Waals surface area contributed by atoms with Gasteiger partial charge in [0.1, 0.15) is 29.5 Å². The molecule has 0 aliphatic carbocycles. The Morgan fingerprint density at radius 3 is 2.41 bits per heavy atom. The second-order valence-corrected chi connectivity index (χ2v) is 7.47. The third-order valence-corrected chi connectivity index (χ3v) is 4.83. The molecule has 0 atom stereocenters. The van der Waals surface area contributed by atoms with E-state index in [9.17, 15) is 22.8 Å². The van der Waals surface area contributed by atoms with Crippen molar-refractivity contribution in [2.24, 2.45) is 0 Å². The maximum absolute atomic E-state index is 13.9. The van der Waals surface area contributed by atoms with E-state index in [0.717, 1.165) is 16.8 Å². The molecular weight excluding hydrogens is 423 g/mol. The molecule has 0 aliphatic heterocycles. The van der Waals surface area contributed by atoms with E-state index in [1.54, 1.807) is 0 Å². The first-order chi connectivity index (χ1) is 15.2. The highest BCUT2D eigenvalue weighted by atomic mass is 19.1. The lowest BCUT2D eigenvalue weighted by atomic mass is 10.1. The fourth-order valence-electron chi connectivity index (χ4n) is 3.32. The second-order valence-electron chi connectivity index (χ2n) is 7.47. The van der Waals surface area contributed by atoms with Gasteiger partial charge in [-0.05, 0) is 42.3 Å². The minimum absolute atomic E-state index is 0.104. The van der Waals surface area contributed by atoms with E-state index < -0.39 is 35.5 Å². The number of carbonyl (C=O) groups excluding carboxylic acids is 1. The van der Waals surface area contributed by atoms with Crippen molar-refractivity contribution in [3.05, 3.63) is 82.2 Å². The van der Waals surface area contributed by atoms with Crippen LogP contribution in [-0.2, 0) is 11.3 Å². The zero-order valence-corrected chi connectivity index (χ0v) is 17.1. The van der Waals surface area contributed by atoms with E-state index in [-0.39, 0.29) is 17.1 Å². The number of amides is 1. The van der Waals surface area contributed by atoms with Gasteiger partial charge >= 0.3 is 0 Å². The van der Waals surface area contributed by atoms with Crippen LogP contribution < -0.4 is 10.9 Å². The first kappa shape index (κ1) is 21.3. The van der Waals surface area contributed by atoms with Crippen LogP contribution in [0.25, 0.3) is 16.6 Å². The Hall–Kier alpha value is -3.95. The van der Waals surface area contributed by atoms with Crippen molar-refractivity contribution in [1.29, 1.82) is 0 Å². The summed E-state index contributed by atoms with van der Waals surface area (Å²) in [5.74, 6) is -2.97. The highest BCUT2D eigenvalue weighted by Crippen LogP contribution is 2.23. The number of benzene rings is 2. The number of rotatable bonds is 5. The molecule has 32 heavy (non-hydrogen) atoms. The largest absolute Gasteiger partial charge is 0.322 e. The monoisotopic (exact) mass is 441 g/mol. The van der Waals surface area contributed by atoms with Crippen LogP contribution >= 0.6 is 0 Å². The Labute approximate surface area is 180 Å². The summed E-state index contributed by atoms with van der Waals surface area (Å²) >= 11 is 0. The topological polar surface area (TPSA) is 81.8 Å². The highest BCUT2D eigenvalue weighted by molar-refractivity contribution is 5.91. The zero-order valence-electron chi connectivity index (χ0n) is 17.1. The number of halogens is 3. The van der Waals surface area contributed by atoms with Crippen molar-refractivity contribution in [2.75, 3.05) is 5.32 Å². The van der Waals surface area contributed by atoms with Crippen molar-refractivity contribution >= 4 is 22.5 Å². The van der Waals surface area contributed by atoms with Gasteiger partial charge in [0.25, 0.3) is 5.56 Å². The molecule has 0 spiro atoms. The molecule has 2 aromatic carbocycles. The third-order valence-electron chi connectivity index (χ3n) is 4.83. The molecule has 0 radical (unpaired) electrons. The predicted octanol–water partition coefficient (Wildman–Crippen LogP) is 3.76. The van der Waals surface area contributed by atoms with Gasteiger partial charge in [0, 0.05) is 11.5 Å². The van der Waals surface area contributed by atoms with Gasteiger partial charge < -0.3 is 5.32 Å². The first-order valence-corrected chi connectivity index (χ1v) is 9.74. The van der Waals surface area contributed by atoms with Crippen LogP contribution in [0.1, 0.15) is 25.5 Å². The fraction of sp³-hybridized carbons (Fsp3) is 0.182. The molecule has 2 heterocycles. The minimum Gasteiger partial charge on any atom is -0.322 e. The highest BCUT2D eigenvalue weighted by Gasteiger charge is 2.20. The molecule has 0 bridgehead atoms. The van der Waals surface area contributed by atoms with Gasteiger partial charge in [-0.15, -0.1) is 0 Å². The summed E-state index contributed by atoms with van der Waals surface area (Å²) in [6.07, 6.45) is 1.50. The lowest BCUT2D eigenvalue weighted by molar-refractivity contribution is -0.117.